The van der Waals surface area contributed by atoms with Crippen LogP contribution in [0.4, 0.5) is 5.69 Å². The predicted octanol–water partition coefficient (Wildman–Crippen LogP) is 1.79. The van der Waals surface area contributed by atoms with Crippen molar-refractivity contribution in [3.8, 4) is 0 Å². The summed E-state index contributed by atoms with van der Waals surface area (Å²) in [4.78, 5) is 10.2. The molecule has 0 atom stereocenters. The highest BCUT2D eigenvalue weighted by Crippen LogP contribution is 2.44. The lowest BCUT2D eigenvalue weighted by Crippen LogP contribution is -2.57. The second kappa shape index (κ2) is 3.74. The van der Waals surface area contributed by atoms with Crippen LogP contribution in [0, 0.1) is 15.5 Å². The summed E-state index contributed by atoms with van der Waals surface area (Å²) in [5.41, 5.74) is 0.587. The molecule has 4 rings (SSSR count). The van der Waals surface area contributed by atoms with Crippen LogP contribution < -0.4 is 0 Å². The molecule has 0 amide bonds. The number of fused-ring (bicyclic) bond motifs is 3. The number of ether oxygens (including phenoxy) is 3. The van der Waals surface area contributed by atoms with Crippen molar-refractivity contribution in [3.05, 3.63) is 39.9 Å². The number of hydrogen-bond acceptors (Lipinski definition) is 5. The molecule has 1 aromatic carbocycles. The van der Waals surface area contributed by atoms with Crippen LogP contribution in [0.5, 0.6) is 0 Å². The molecule has 2 bridgehead atoms. The molecule has 0 N–H and O–H groups in total. The van der Waals surface area contributed by atoms with Crippen LogP contribution in [0.25, 0.3) is 0 Å². The molecule has 3 fully saturated rings. The molecule has 18 heavy (non-hydrogen) atoms. The monoisotopic (exact) mass is 251 g/mol. The van der Waals surface area contributed by atoms with E-state index in [2.05, 4.69) is 0 Å². The zero-order chi connectivity index (χ0) is 12.8. The van der Waals surface area contributed by atoms with E-state index in [1.54, 1.807) is 12.1 Å². The second-order valence-electron chi connectivity index (χ2n) is 5.04. The molecule has 0 unspecified atom stereocenters. The lowest BCUT2D eigenvalue weighted by atomic mass is 9.91. The third kappa shape index (κ3) is 1.69. The van der Waals surface area contributed by atoms with Crippen molar-refractivity contribution < 1.29 is 19.1 Å². The third-order valence-electron chi connectivity index (χ3n) is 3.26. The third-order valence-corrected chi connectivity index (χ3v) is 3.26. The minimum absolute atomic E-state index is 0.0339. The summed E-state index contributed by atoms with van der Waals surface area (Å²) in [6.07, 6.45) is 0. The summed E-state index contributed by atoms with van der Waals surface area (Å²) < 4.78 is 16.9. The van der Waals surface area contributed by atoms with E-state index in [9.17, 15) is 10.1 Å². The molecule has 0 aromatic heterocycles. The van der Waals surface area contributed by atoms with Crippen molar-refractivity contribution in [2.24, 2.45) is 5.41 Å². The number of nitro groups is 1. The van der Waals surface area contributed by atoms with Crippen LogP contribution in [-0.4, -0.2) is 24.7 Å². The van der Waals surface area contributed by atoms with E-state index in [0.717, 1.165) is 0 Å². The Morgan fingerprint density at radius 1 is 1.11 bits per heavy atom. The molecule has 6 nitrogen and oxygen atoms in total. The summed E-state index contributed by atoms with van der Waals surface area (Å²) >= 11 is 0. The maximum absolute atomic E-state index is 10.6. The summed E-state index contributed by atoms with van der Waals surface area (Å²) in [6, 6.07) is 6.05. The molecule has 0 radical (unpaired) electrons. The zero-order valence-electron chi connectivity index (χ0n) is 9.92. The quantitative estimate of drug-likeness (QED) is 0.592. The summed E-state index contributed by atoms with van der Waals surface area (Å²) in [5, 5.41) is 10.6. The van der Waals surface area contributed by atoms with Gasteiger partial charge in [0.05, 0.1) is 24.7 Å². The molecule has 3 aliphatic rings. The summed E-state index contributed by atoms with van der Waals surface area (Å²) in [6.45, 7) is 3.71. The molecular formula is C12H13NO5. The van der Waals surface area contributed by atoms with Crippen LogP contribution in [0.15, 0.2) is 24.3 Å². The van der Waals surface area contributed by atoms with E-state index in [1.807, 2.05) is 6.92 Å². The highest BCUT2D eigenvalue weighted by molar-refractivity contribution is 5.34. The molecule has 3 heterocycles. The minimum Gasteiger partial charge on any atom is -0.323 e. The SMILES string of the molecule is CC12COC(c3ccc([N+](=O)[O-])cc3)(OC1)OC2. The number of nitro benzene ring substituents is 1. The normalized spacial score (nSPS) is 34.5. The Labute approximate surface area is 104 Å². The molecule has 0 saturated carbocycles. The number of nitrogens with zero attached hydrogens (tertiary/aromatic N) is 1. The molecule has 3 saturated heterocycles. The Balaban J connectivity index is 1.88. The van der Waals surface area contributed by atoms with Gasteiger partial charge < -0.3 is 14.2 Å². The van der Waals surface area contributed by atoms with Crippen molar-refractivity contribution >= 4 is 5.69 Å². The van der Waals surface area contributed by atoms with Gasteiger partial charge in [-0.15, -0.1) is 0 Å². The van der Waals surface area contributed by atoms with Gasteiger partial charge in [-0.25, -0.2) is 0 Å². The van der Waals surface area contributed by atoms with Crippen molar-refractivity contribution in [2.45, 2.75) is 12.9 Å². The Hall–Kier alpha value is -1.50. The number of non-ortho nitro benzene ring substituents is 1. The summed E-state index contributed by atoms with van der Waals surface area (Å²) in [7, 11) is 0. The van der Waals surface area contributed by atoms with Gasteiger partial charge in [0.2, 0.25) is 0 Å². The maximum atomic E-state index is 10.6. The highest BCUT2D eigenvalue weighted by atomic mass is 16.9. The van der Waals surface area contributed by atoms with Gasteiger partial charge in [0.1, 0.15) is 0 Å². The van der Waals surface area contributed by atoms with Crippen molar-refractivity contribution in [3.63, 3.8) is 0 Å². The first-order chi connectivity index (χ1) is 8.53. The van der Waals surface area contributed by atoms with Crippen LogP contribution in [0.2, 0.25) is 0 Å². The molecule has 96 valence electrons. The van der Waals surface area contributed by atoms with Crippen LogP contribution in [0.3, 0.4) is 0 Å². The number of hydrogen-bond donors (Lipinski definition) is 0. The number of benzene rings is 1. The highest BCUT2D eigenvalue weighted by Gasteiger charge is 2.51. The minimum atomic E-state index is -1.19. The Morgan fingerprint density at radius 3 is 2.06 bits per heavy atom. The average molecular weight is 251 g/mol. The Kier molecular flexibility index (Phi) is 2.41. The van der Waals surface area contributed by atoms with Crippen molar-refractivity contribution in [2.75, 3.05) is 19.8 Å². The first kappa shape index (κ1) is 11.6. The first-order valence-corrected chi connectivity index (χ1v) is 5.70. The van der Waals surface area contributed by atoms with E-state index in [0.29, 0.717) is 25.4 Å². The van der Waals surface area contributed by atoms with E-state index < -0.39 is 10.9 Å². The topological polar surface area (TPSA) is 70.8 Å². The van der Waals surface area contributed by atoms with Gasteiger partial charge in [-0.1, -0.05) is 6.92 Å². The van der Waals surface area contributed by atoms with Gasteiger partial charge in [-0.2, -0.15) is 0 Å². The van der Waals surface area contributed by atoms with Gasteiger partial charge >= 0.3 is 5.97 Å². The van der Waals surface area contributed by atoms with E-state index in [-0.39, 0.29) is 11.1 Å². The predicted molar refractivity (Wildman–Crippen MR) is 60.7 cm³/mol. The van der Waals surface area contributed by atoms with Gasteiger partial charge in [-0.3, -0.25) is 10.1 Å². The van der Waals surface area contributed by atoms with E-state index in [1.165, 1.54) is 12.1 Å². The largest absolute Gasteiger partial charge is 0.323 e. The lowest BCUT2D eigenvalue weighted by molar-refractivity contribution is -0.477. The van der Waals surface area contributed by atoms with Crippen LogP contribution >= 0.6 is 0 Å². The van der Waals surface area contributed by atoms with Gasteiger partial charge in [0, 0.05) is 23.1 Å². The second-order valence-corrected chi connectivity index (χ2v) is 5.04. The molecule has 1 aromatic rings. The van der Waals surface area contributed by atoms with E-state index in [4.69, 9.17) is 14.2 Å². The maximum Gasteiger partial charge on any atom is 0.312 e. The lowest BCUT2D eigenvalue weighted by Gasteiger charge is -2.50. The Morgan fingerprint density at radius 2 is 1.61 bits per heavy atom. The summed E-state index contributed by atoms with van der Waals surface area (Å²) in [5.74, 6) is -1.19. The first-order valence-electron chi connectivity index (χ1n) is 5.70. The average Bonchev–Trinajstić information content (AvgIpc) is 2.40. The molecule has 0 spiro atoms. The van der Waals surface area contributed by atoms with Crippen molar-refractivity contribution in [1.29, 1.82) is 0 Å². The fraction of sp³-hybridized carbons (Fsp3) is 0.500. The van der Waals surface area contributed by atoms with Gasteiger partial charge in [-0.05, 0) is 12.1 Å². The van der Waals surface area contributed by atoms with Crippen molar-refractivity contribution in [1.82, 2.24) is 0 Å². The standard InChI is InChI=1S/C12H13NO5/c1-11-6-16-12(17-7-11,18-8-11)9-2-4-10(5-3-9)13(14)15/h2-5H,6-8H2,1H3. The van der Waals surface area contributed by atoms with Crippen LogP contribution in [-0.2, 0) is 20.2 Å². The molecule has 0 aliphatic carbocycles. The molecular weight excluding hydrogens is 238 g/mol. The zero-order valence-corrected chi connectivity index (χ0v) is 9.92. The molecule has 6 heteroatoms. The fourth-order valence-corrected chi connectivity index (χ4v) is 2.09. The van der Waals surface area contributed by atoms with E-state index >= 15 is 0 Å². The fourth-order valence-electron chi connectivity index (χ4n) is 2.09. The van der Waals surface area contributed by atoms with Crippen LogP contribution in [0.1, 0.15) is 12.5 Å². The molecule has 3 aliphatic heterocycles. The number of rotatable bonds is 2. The Bertz CT molecular complexity index is 459. The van der Waals surface area contributed by atoms with Gasteiger partial charge in [0.25, 0.3) is 5.69 Å². The van der Waals surface area contributed by atoms with Gasteiger partial charge in [0.15, 0.2) is 0 Å². The smallest absolute Gasteiger partial charge is 0.312 e.